The maximum absolute atomic E-state index is 13.1. The number of aliphatic imine (C=N–C) groups is 2. The van der Waals surface area contributed by atoms with Gasteiger partial charge >= 0.3 is 0 Å². The summed E-state index contributed by atoms with van der Waals surface area (Å²) < 4.78 is 10.8. The fraction of sp³-hybridized carbons (Fsp3) is 0.500. The van der Waals surface area contributed by atoms with Gasteiger partial charge in [-0.05, 0) is 37.3 Å². The third-order valence-corrected chi connectivity index (χ3v) is 7.31. The summed E-state index contributed by atoms with van der Waals surface area (Å²) in [4.78, 5) is 37.8. The molecule has 1 saturated carbocycles. The summed E-state index contributed by atoms with van der Waals surface area (Å²) in [6.45, 7) is 8.62. The van der Waals surface area contributed by atoms with Crippen LogP contribution in [0.25, 0.3) is 0 Å². The van der Waals surface area contributed by atoms with Crippen molar-refractivity contribution in [1.29, 1.82) is 0 Å². The molecule has 4 aliphatic rings. The number of carbonyl (C=O) groups excluding carboxylic acids is 2. The molecule has 1 aliphatic carbocycles. The molecule has 1 unspecified atom stereocenters. The Bertz CT molecular complexity index is 1240. The quantitative estimate of drug-likeness (QED) is 0.432. The minimum Gasteiger partial charge on any atom is -0.493 e. The maximum atomic E-state index is 13.1. The van der Waals surface area contributed by atoms with Crippen molar-refractivity contribution in [2.24, 2.45) is 21.1 Å². The number of piperazine rings is 1. The van der Waals surface area contributed by atoms with Gasteiger partial charge in [-0.25, -0.2) is 0 Å². The number of primary amides is 1. The Morgan fingerprint density at radius 3 is 2.68 bits per heavy atom. The minimum atomic E-state index is -0.935. The number of nitrogens with one attached hydrogen (secondary N) is 2. The van der Waals surface area contributed by atoms with Crippen molar-refractivity contribution in [2.75, 3.05) is 51.8 Å². The van der Waals surface area contributed by atoms with Crippen molar-refractivity contribution in [3.63, 3.8) is 0 Å². The predicted molar refractivity (Wildman–Crippen MR) is 138 cm³/mol. The van der Waals surface area contributed by atoms with Gasteiger partial charge in [0.25, 0.3) is 11.8 Å². The molecule has 1 aromatic rings. The lowest BCUT2D eigenvalue weighted by Crippen LogP contribution is -2.48. The van der Waals surface area contributed by atoms with E-state index >= 15 is 0 Å². The fourth-order valence-corrected chi connectivity index (χ4v) is 4.96. The SMILES string of the molecule is COc1ccc(N/C=C2\C(=O)NC3(C)N=C=NC(N4CCN(CC5(C)CC5)CC4)=C23)cc1OCC(N)=O. The molecule has 11 nitrogen and oxygen atoms in total. The number of rotatable bonds is 9. The van der Waals surface area contributed by atoms with Gasteiger partial charge in [-0.3, -0.25) is 14.5 Å². The minimum absolute atomic E-state index is 0.246. The molecular weight excluding hydrogens is 474 g/mol. The molecule has 3 fully saturated rings. The molecule has 0 aromatic heterocycles. The van der Waals surface area contributed by atoms with E-state index in [1.807, 2.05) is 6.92 Å². The Labute approximate surface area is 216 Å². The number of hydrogen-bond donors (Lipinski definition) is 3. The van der Waals surface area contributed by atoms with Crippen molar-refractivity contribution in [1.82, 2.24) is 15.1 Å². The van der Waals surface area contributed by atoms with Gasteiger partial charge in [0.05, 0.1) is 24.3 Å². The van der Waals surface area contributed by atoms with E-state index in [2.05, 4.69) is 43.4 Å². The number of fused-ring (bicyclic) bond motifs is 1. The highest BCUT2D eigenvalue weighted by Crippen LogP contribution is 2.45. The van der Waals surface area contributed by atoms with Crippen LogP contribution < -0.4 is 25.8 Å². The molecule has 4 N–H and O–H groups in total. The van der Waals surface area contributed by atoms with E-state index in [-0.39, 0.29) is 12.5 Å². The van der Waals surface area contributed by atoms with Crippen molar-refractivity contribution >= 4 is 23.5 Å². The van der Waals surface area contributed by atoms with Crippen molar-refractivity contribution < 1.29 is 19.1 Å². The van der Waals surface area contributed by atoms with Gasteiger partial charge in [0.1, 0.15) is 5.82 Å². The number of anilines is 1. The van der Waals surface area contributed by atoms with E-state index in [1.165, 1.54) is 20.0 Å². The van der Waals surface area contributed by atoms with Crippen LogP contribution in [0.2, 0.25) is 0 Å². The van der Waals surface area contributed by atoms with Gasteiger partial charge in [0, 0.05) is 50.7 Å². The van der Waals surface area contributed by atoms with Crippen molar-refractivity contribution in [3.05, 3.63) is 41.4 Å². The molecule has 196 valence electrons. The monoisotopic (exact) mass is 507 g/mol. The van der Waals surface area contributed by atoms with Gasteiger partial charge in [-0.15, -0.1) is 0 Å². The van der Waals surface area contributed by atoms with Crippen LogP contribution in [0.1, 0.15) is 26.7 Å². The molecule has 0 radical (unpaired) electrons. The Balaban J connectivity index is 1.38. The number of ether oxygens (including phenoxy) is 2. The lowest BCUT2D eigenvalue weighted by Gasteiger charge is -2.38. The van der Waals surface area contributed by atoms with E-state index < -0.39 is 11.6 Å². The number of methoxy groups -OCH3 is 1. The Kier molecular flexibility index (Phi) is 6.43. The highest BCUT2D eigenvalue weighted by atomic mass is 16.5. The summed E-state index contributed by atoms with van der Waals surface area (Å²) in [7, 11) is 1.51. The normalized spacial score (nSPS) is 25.2. The largest absolute Gasteiger partial charge is 0.493 e. The number of nitrogens with zero attached hydrogens (tertiary/aromatic N) is 4. The molecule has 2 saturated heterocycles. The molecule has 11 heteroatoms. The number of carbonyl (C=O) groups is 2. The number of nitrogens with two attached hydrogens (primary N) is 1. The van der Waals surface area contributed by atoms with Crippen LogP contribution >= 0.6 is 0 Å². The highest BCUT2D eigenvalue weighted by molar-refractivity contribution is 6.04. The summed E-state index contributed by atoms with van der Waals surface area (Å²) in [5.74, 6) is 0.701. The number of benzene rings is 1. The lowest BCUT2D eigenvalue weighted by atomic mass is 9.98. The second kappa shape index (κ2) is 9.57. The van der Waals surface area contributed by atoms with Gasteiger partial charge in [0.2, 0.25) is 0 Å². The third kappa shape index (κ3) is 5.19. The Morgan fingerprint density at radius 2 is 2.00 bits per heavy atom. The summed E-state index contributed by atoms with van der Waals surface area (Å²) in [6.07, 6.45) is 4.27. The molecule has 1 atom stereocenters. The van der Waals surface area contributed by atoms with Crippen LogP contribution in [-0.4, -0.2) is 79.7 Å². The summed E-state index contributed by atoms with van der Waals surface area (Å²) in [6, 6.07) is 7.93. The van der Waals surface area contributed by atoms with E-state index in [0.29, 0.717) is 28.2 Å². The van der Waals surface area contributed by atoms with Crippen LogP contribution in [0.15, 0.2) is 51.4 Å². The van der Waals surface area contributed by atoms with Gasteiger partial charge < -0.3 is 30.7 Å². The van der Waals surface area contributed by atoms with E-state index in [4.69, 9.17) is 15.2 Å². The third-order valence-electron chi connectivity index (χ3n) is 7.31. The maximum Gasteiger partial charge on any atom is 0.255 e. The molecule has 5 rings (SSSR count). The molecule has 3 heterocycles. The average Bonchev–Trinajstić information content (AvgIpc) is 3.53. The molecule has 2 amide bonds. The first-order valence-electron chi connectivity index (χ1n) is 12.5. The Morgan fingerprint density at radius 1 is 1.24 bits per heavy atom. The van der Waals surface area contributed by atoms with Crippen LogP contribution in [0.3, 0.4) is 0 Å². The second-order valence-electron chi connectivity index (χ2n) is 10.4. The van der Waals surface area contributed by atoms with Crippen LogP contribution in [0, 0.1) is 5.41 Å². The lowest BCUT2D eigenvalue weighted by molar-refractivity contribution is -0.120. The first kappa shape index (κ1) is 24.9. The van der Waals surface area contributed by atoms with Crippen molar-refractivity contribution in [3.8, 4) is 11.5 Å². The summed E-state index contributed by atoms with van der Waals surface area (Å²) >= 11 is 0. The molecule has 1 aromatic carbocycles. The molecular formula is C26H33N7O4. The molecule has 3 aliphatic heterocycles. The summed E-state index contributed by atoms with van der Waals surface area (Å²) in [5.41, 5.74) is 6.57. The van der Waals surface area contributed by atoms with Gasteiger partial charge in [-0.2, -0.15) is 9.98 Å². The first-order valence-corrected chi connectivity index (χ1v) is 12.5. The zero-order valence-electron chi connectivity index (χ0n) is 21.5. The molecule has 0 spiro atoms. The molecule has 37 heavy (non-hydrogen) atoms. The first-order chi connectivity index (χ1) is 17.7. The van der Waals surface area contributed by atoms with Crippen LogP contribution in [0.5, 0.6) is 11.5 Å². The van der Waals surface area contributed by atoms with Crippen LogP contribution in [-0.2, 0) is 9.59 Å². The zero-order chi connectivity index (χ0) is 26.2. The topological polar surface area (TPSA) is 134 Å². The van der Waals surface area contributed by atoms with Gasteiger partial charge in [0.15, 0.2) is 23.8 Å². The highest BCUT2D eigenvalue weighted by Gasteiger charge is 2.47. The van der Waals surface area contributed by atoms with E-state index in [9.17, 15) is 9.59 Å². The van der Waals surface area contributed by atoms with Crippen molar-refractivity contribution in [2.45, 2.75) is 32.4 Å². The Hall–Kier alpha value is -3.82. The average molecular weight is 508 g/mol. The second-order valence-corrected chi connectivity index (χ2v) is 10.4. The van der Waals surface area contributed by atoms with Crippen LogP contribution in [0.4, 0.5) is 5.69 Å². The zero-order valence-corrected chi connectivity index (χ0v) is 21.5. The van der Waals surface area contributed by atoms with E-state index in [1.54, 1.807) is 24.4 Å². The summed E-state index contributed by atoms with van der Waals surface area (Å²) in [5, 5.41) is 6.14. The number of hydrogen-bond acceptors (Lipinski definition) is 9. The number of amides is 2. The standard InChI is InChI=1S/C26H33N7O4/c1-25(6-7-25)15-32-8-10-33(11-9-32)23-22-18(24(35)31-26(22,2)30-16-29-23)13-28-17-4-5-19(36-3)20(12-17)37-14-21(27)34/h4-5,12-13,28H,6-11,14-15H2,1-3H3,(H2,27,34)(H,31,35)/b18-13-. The smallest absolute Gasteiger partial charge is 0.255 e. The predicted octanol–water partition coefficient (Wildman–Crippen LogP) is 1.52. The van der Waals surface area contributed by atoms with E-state index in [0.717, 1.165) is 44.1 Å². The van der Waals surface area contributed by atoms with Gasteiger partial charge in [-0.1, -0.05) is 6.92 Å². The molecule has 0 bridgehead atoms. The fourth-order valence-electron chi connectivity index (χ4n) is 4.96.